The molecule has 3 heteroatoms. The van der Waals surface area contributed by atoms with Gasteiger partial charge >= 0.3 is 0 Å². The Hall–Kier alpha value is -3.59. The van der Waals surface area contributed by atoms with Gasteiger partial charge in [-0.1, -0.05) is 54.6 Å². The van der Waals surface area contributed by atoms with Gasteiger partial charge in [-0.25, -0.2) is 0 Å². The van der Waals surface area contributed by atoms with Crippen molar-refractivity contribution in [2.75, 3.05) is 4.90 Å². The lowest BCUT2D eigenvalue weighted by molar-refractivity contribution is -0.115. The third-order valence-corrected chi connectivity index (χ3v) is 4.94. The summed E-state index contributed by atoms with van der Waals surface area (Å²) in [6.07, 6.45) is 0. The molecule has 4 aromatic carbocycles. The number of rotatable bonds is 2. The molecule has 0 saturated carbocycles. The minimum atomic E-state index is -0.0292. The number of fused-ring (bicyclic) bond motifs is 4. The van der Waals surface area contributed by atoms with Gasteiger partial charge in [-0.3, -0.25) is 9.69 Å². The summed E-state index contributed by atoms with van der Waals surface area (Å²) in [7, 11) is 0. The molecule has 1 aromatic heterocycles. The van der Waals surface area contributed by atoms with Gasteiger partial charge in [0.2, 0.25) is 5.91 Å². The first-order chi connectivity index (χ1) is 13.2. The van der Waals surface area contributed by atoms with Crippen LogP contribution in [0.2, 0.25) is 0 Å². The minimum absolute atomic E-state index is 0.0292. The Bertz CT molecular complexity index is 1310. The summed E-state index contributed by atoms with van der Waals surface area (Å²) in [5.74, 6) is -0.0292. The third-order valence-electron chi connectivity index (χ3n) is 4.94. The average molecular weight is 351 g/mol. The highest BCUT2D eigenvalue weighted by Crippen LogP contribution is 2.36. The first kappa shape index (κ1) is 15.6. The number of benzene rings is 4. The predicted octanol–water partition coefficient (Wildman–Crippen LogP) is 6.42. The van der Waals surface area contributed by atoms with Gasteiger partial charge in [0.1, 0.15) is 11.2 Å². The van der Waals surface area contributed by atoms with Crippen molar-refractivity contribution in [2.45, 2.75) is 6.92 Å². The summed E-state index contributed by atoms with van der Waals surface area (Å²) >= 11 is 0. The number of nitrogens with zero attached hydrogens (tertiary/aromatic N) is 1. The monoisotopic (exact) mass is 351 g/mol. The number of amides is 1. The fourth-order valence-electron chi connectivity index (χ4n) is 3.75. The molecule has 5 aromatic rings. The molecule has 0 fully saturated rings. The fraction of sp³-hybridized carbons (Fsp3) is 0.0417. The van der Waals surface area contributed by atoms with Gasteiger partial charge < -0.3 is 4.42 Å². The molecule has 1 amide bonds. The second-order valence-electron chi connectivity index (χ2n) is 6.63. The molecule has 27 heavy (non-hydrogen) atoms. The summed E-state index contributed by atoms with van der Waals surface area (Å²) in [4.78, 5) is 14.4. The third kappa shape index (κ3) is 2.48. The normalized spacial score (nSPS) is 11.3. The summed E-state index contributed by atoms with van der Waals surface area (Å²) < 4.78 is 5.92. The van der Waals surface area contributed by atoms with Gasteiger partial charge in [0.05, 0.1) is 5.69 Å². The van der Waals surface area contributed by atoms with Crippen molar-refractivity contribution in [3.8, 4) is 0 Å². The Balaban J connectivity index is 1.76. The molecule has 0 aliphatic heterocycles. The van der Waals surface area contributed by atoms with E-state index in [0.717, 1.165) is 44.1 Å². The Labute approximate surface area is 156 Å². The summed E-state index contributed by atoms with van der Waals surface area (Å²) in [5, 5.41) is 4.22. The number of para-hydroxylation sites is 1. The lowest BCUT2D eigenvalue weighted by Gasteiger charge is -2.23. The minimum Gasteiger partial charge on any atom is -0.456 e. The van der Waals surface area contributed by atoms with Crippen molar-refractivity contribution >= 4 is 50.0 Å². The van der Waals surface area contributed by atoms with Crippen molar-refractivity contribution in [2.24, 2.45) is 0 Å². The van der Waals surface area contributed by atoms with Crippen molar-refractivity contribution in [1.29, 1.82) is 0 Å². The highest BCUT2D eigenvalue weighted by molar-refractivity contribution is 6.11. The molecular formula is C24H17NO2. The molecule has 3 nitrogen and oxygen atoms in total. The lowest BCUT2D eigenvalue weighted by atomic mass is 10.1. The molecule has 0 spiro atoms. The molecule has 0 saturated heterocycles. The average Bonchev–Trinajstić information content (AvgIpc) is 3.06. The van der Waals surface area contributed by atoms with E-state index in [1.54, 1.807) is 11.8 Å². The van der Waals surface area contributed by atoms with E-state index in [1.165, 1.54) is 0 Å². The number of furan rings is 1. The van der Waals surface area contributed by atoms with Crippen LogP contribution in [0.25, 0.3) is 32.7 Å². The summed E-state index contributed by atoms with van der Waals surface area (Å²) in [6, 6.07) is 28.0. The van der Waals surface area contributed by atoms with Crippen molar-refractivity contribution < 1.29 is 9.21 Å². The number of hydrogen-bond donors (Lipinski definition) is 0. The van der Waals surface area contributed by atoms with E-state index in [0.29, 0.717) is 0 Å². The molecule has 0 aliphatic rings. The van der Waals surface area contributed by atoms with E-state index in [2.05, 4.69) is 12.1 Å². The van der Waals surface area contributed by atoms with Gasteiger partial charge in [-0.15, -0.1) is 0 Å². The van der Waals surface area contributed by atoms with E-state index in [9.17, 15) is 4.79 Å². The highest BCUT2D eigenvalue weighted by Gasteiger charge is 2.18. The maximum Gasteiger partial charge on any atom is 0.228 e. The van der Waals surface area contributed by atoms with E-state index in [-0.39, 0.29) is 5.91 Å². The zero-order valence-corrected chi connectivity index (χ0v) is 14.8. The standard InChI is InChI=1S/C24H17NO2/c1-16(26)25(22-11-6-8-17-7-2-3-9-19(17)22)18-13-14-24-21(15-18)20-10-4-5-12-23(20)27-24/h2-15H,1H3. The molecule has 0 aliphatic carbocycles. The van der Waals surface area contributed by atoms with E-state index in [1.807, 2.05) is 72.8 Å². The second-order valence-corrected chi connectivity index (χ2v) is 6.63. The van der Waals surface area contributed by atoms with E-state index < -0.39 is 0 Å². The molecule has 0 atom stereocenters. The largest absolute Gasteiger partial charge is 0.456 e. The second kappa shape index (κ2) is 5.99. The number of carbonyl (C=O) groups excluding carboxylic acids is 1. The van der Waals surface area contributed by atoms with Crippen LogP contribution in [0.3, 0.4) is 0 Å². The SMILES string of the molecule is CC(=O)N(c1ccc2oc3ccccc3c2c1)c1cccc2ccccc12. The molecule has 5 rings (SSSR count). The van der Waals surface area contributed by atoms with Gasteiger partial charge in [0, 0.05) is 28.8 Å². The van der Waals surface area contributed by atoms with Crippen LogP contribution in [0, 0.1) is 0 Å². The van der Waals surface area contributed by atoms with Crippen LogP contribution in [0.1, 0.15) is 6.92 Å². The molecule has 130 valence electrons. The number of anilines is 2. The van der Waals surface area contributed by atoms with Crippen LogP contribution < -0.4 is 4.90 Å². The van der Waals surface area contributed by atoms with Crippen LogP contribution in [0.15, 0.2) is 89.3 Å². The molecule has 0 unspecified atom stereocenters. The van der Waals surface area contributed by atoms with Gasteiger partial charge in [-0.2, -0.15) is 0 Å². The Morgan fingerprint density at radius 3 is 2.30 bits per heavy atom. The molecule has 0 bridgehead atoms. The van der Waals surface area contributed by atoms with E-state index >= 15 is 0 Å². The maximum atomic E-state index is 12.6. The molecule has 0 N–H and O–H groups in total. The lowest BCUT2D eigenvalue weighted by Crippen LogP contribution is -2.22. The Morgan fingerprint density at radius 2 is 1.44 bits per heavy atom. The zero-order chi connectivity index (χ0) is 18.4. The van der Waals surface area contributed by atoms with Crippen molar-refractivity contribution in [3.05, 3.63) is 84.9 Å². The quantitative estimate of drug-likeness (QED) is 0.367. The number of hydrogen-bond acceptors (Lipinski definition) is 2. The summed E-state index contributed by atoms with van der Waals surface area (Å²) in [6.45, 7) is 1.60. The molecule has 1 heterocycles. The smallest absolute Gasteiger partial charge is 0.228 e. The highest BCUT2D eigenvalue weighted by atomic mass is 16.3. The topological polar surface area (TPSA) is 33.5 Å². The maximum absolute atomic E-state index is 12.6. The predicted molar refractivity (Wildman–Crippen MR) is 110 cm³/mol. The van der Waals surface area contributed by atoms with E-state index in [4.69, 9.17) is 4.42 Å². The Kier molecular flexibility index (Phi) is 3.47. The van der Waals surface area contributed by atoms with Crippen LogP contribution >= 0.6 is 0 Å². The van der Waals surface area contributed by atoms with Crippen LogP contribution in [-0.2, 0) is 4.79 Å². The van der Waals surface area contributed by atoms with Crippen LogP contribution in [-0.4, -0.2) is 5.91 Å². The first-order valence-corrected chi connectivity index (χ1v) is 8.92. The molecule has 0 radical (unpaired) electrons. The fourth-order valence-corrected chi connectivity index (χ4v) is 3.75. The van der Waals surface area contributed by atoms with Gasteiger partial charge in [-0.05, 0) is 35.7 Å². The first-order valence-electron chi connectivity index (χ1n) is 8.92. The summed E-state index contributed by atoms with van der Waals surface area (Å²) in [5.41, 5.74) is 3.39. The molecular weight excluding hydrogens is 334 g/mol. The van der Waals surface area contributed by atoms with Gasteiger partial charge in [0.15, 0.2) is 0 Å². The van der Waals surface area contributed by atoms with Crippen molar-refractivity contribution in [3.63, 3.8) is 0 Å². The van der Waals surface area contributed by atoms with Crippen LogP contribution in [0.5, 0.6) is 0 Å². The Morgan fingerprint density at radius 1 is 0.741 bits per heavy atom. The zero-order valence-electron chi connectivity index (χ0n) is 14.8. The number of carbonyl (C=O) groups is 1. The van der Waals surface area contributed by atoms with Gasteiger partial charge in [0.25, 0.3) is 0 Å². The van der Waals surface area contributed by atoms with Crippen LogP contribution in [0.4, 0.5) is 11.4 Å². The van der Waals surface area contributed by atoms with Crippen molar-refractivity contribution in [1.82, 2.24) is 0 Å².